The normalized spacial score (nSPS) is 11.9. The summed E-state index contributed by atoms with van der Waals surface area (Å²) in [5.74, 6) is 0. The summed E-state index contributed by atoms with van der Waals surface area (Å²) in [7, 11) is 0. The summed E-state index contributed by atoms with van der Waals surface area (Å²) >= 11 is 0. The molecule has 0 radical (unpaired) electrons. The minimum atomic E-state index is -4.33. The number of hydrogen-bond acceptors (Lipinski definition) is 2. The van der Waals surface area contributed by atoms with E-state index in [1.807, 2.05) is 0 Å². The van der Waals surface area contributed by atoms with Crippen molar-refractivity contribution in [3.05, 3.63) is 36.0 Å². The predicted molar refractivity (Wildman–Crippen MR) is 51.2 cm³/mol. The van der Waals surface area contributed by atoms with Crippen LogP contribution in [0.1, 0.15) is 5.56 Å². The molecule has 0 atom stereocenters. The lowest BCUT2D eigenvalue weighted by Gasteiger charge is -2.07. The highest BCUT2D eigenvalue weighted by Crippen LogP contribution is 2.31. The average molecular weight is 212 g/mol. The number of nitrogens with two attached hydrogens (primary N) is 1. The van der Waals surface area contributed by atoms with Crippen LogP contribution in [0.4, 0.5) is 18.9 Å². The van der Waals surface area contributed by atoms with Crippen molar-refractivity contribution in [2.75, 3.05) is 5.73 Å². The monoisotopic (exact) mass is 212 g/mol. The van der Waals surface area contributed by atoms with E-state index >= 15 is 0 Å². The van der Waals surface area contributed by atoms with Crippen molar-refractivity contribution in [2.45, 2.75) is 6.18 Å². The van der Waals surface area contributed by atoms with E-state index in [-0.39, 0.29) is 0 Å². The lowest BCUT2D eigenvalue weighted by atomic mass is 10.1. The van der Waals surface area contributed by atoms with E-state index < -0.39 is 11.7 Å². The number of aromatic nitrogens is 1. The van der Waals surface area contributed by atoms with E-state index in [9.17, 15) is 13.2 Å². The lowest BCUT2D eigenvalue weighted by molar-refractivity contribution is -0.137. The van der Waals surface area contributed by atoms with Crippen LogP contribution in [0.25, 0.3) is 10.9 Å². The molecule has 1 aromatic carbocycles. The van der Waals surface area contributed by atoms with Gasteiger partial charge in [-0.25, -0.2) is 0 Å². The van der Waals surface area contributed by atoms with Gasteiger partial charge in [0.2, 0.25) is 0 Å². The number of benzene rings is 1. The number of anilines is 1. The Morgan fingerprint density at radius 1 is 1.13 bits per heavy atom. The number of nitrogen functional groups attached to an aromatic ring is 1. The first-order chi connectivity index (χ1) is 6.97. The Balaban J connectivity index is 2.64. The van der Waals surface area contributed by atoms with E-state index in [1.54, 1.807) is 0 Å². The van der Waals surface area contributed by atoms with Crippen LogP contribution in [0.15, 0.2) is 30.5 Å². The molecule has 0 spiro atoms. The van der Waals surface area contributed by atoms with Gasteiger partial charge in [0.1, 0.15) is 0 Å². The van der Waals surface area contributed by atoms with Crippen molar-refractivity contribution >= 4 is 16.6 Å². The van der Waals surface area contributed by atoms with Crippen LogP contribution in [0.3, 0.4) is 0 Å². The number of pyridine rings is 1. The van der Waals surface area contributed by atoms with Crippen LogP contribution in [-0.4, -0.2) is 4.98 Å². The second-order valence-corrected chi connectivity index (χ2v) is 3.17. The Morgan fingerprint density at radius 2 is 1.87 bits per heavy atom. The zero-order valence-corrected chi connectivity index (χ0v) is 7.55. The molecular weight excluding hydrogens is 205 g/mol. The van der Waals surface area contributed by atoms with E-state index in [1.165, 1.54) is 18.3 Å². The van der Waals surface area contributed by atoms with Crippen LogP contribution in [0.2, 0.25) is 0 Å². The molecule has 0 aliphatic heterocycles. The fourth-order valence-corrected chi connectivity index (χ4v) is 1.32. The first-order valence-electron chi connectivity index (χ1n) is 4.19. The van der Waals surface area contributed by atoms with E-state index in [4.69, 9.17) is 5.73 Å². The number of hydrogen-bond donors (Lipinski definition) is 1. The van der Waals surface area contributed by atoms with Gasteiger partial charge < -0.3 is 5.73 Å². The molecular formula is C10H7F3N2. The summed E-state index contributed by atoms with van der Waals surface area (Å²) in [6, 6.07) is 4.85. The Kier molecular flexibility index (Phi) is 2.03. The Morgan fingerprint density at radius 3 is 2.53 bits per heavy atom. The summed E-state index contributed by atoms with van der Waals surface area (Å²) in [5, 5.41) is 0.393. The van der Waals surface area contributed by atoms with Gasteiger partial charge in [-0.15, -0.1) is 0 Å². The molecule has 0 saturated carbocycles. The van der Waals surface area contributed by atoms with Crippen LogP contribution >= 0.6 is 0 Å². The van der Waals surface area contributed by atoms with Gasteiger partial charge in [-0.2, -0.15) is 13.2 Å². The molecule has 0 saturated heterocycles. The van der Waals surface area contributed by atoms with Crippen molar-refractivity contribution in [3.63, 3.8) is 0 Å². The Hall–Kier alpha value is -1.78. The summed E-state index contributed by atoms with van der Waals surface area (Å²) < 4.78 is 37.1. The molecule has 0 amide bonds. The zero-order chi connectivity index (χ0) is 11.1. The van der Waals surface area contributed by atoms with Gasteiger partial charge in [0, 0.05) is 5.39 Å². The fraction of sp³-hybridized carbons (Fsp3) is 0.100. The smallest absolute Gasteiger partial charge is 0.397 e. The third-order valence-electron chi connectivity index (χ3n) is 2.03. The van der Waals surface area contributed by atoms with Crippen molar-refractivity contribution in [1.82, 2.24) is 4.98 Å². The lowest BCUT2D eigenvalue weighted by Crippen LogP contribution is -2.04. The van der Waals surface area contributed by atoms with Crippen molar-refractivity contribution in [3.8, 4) is 0 Å². The van der Waals surface area contributed by atoms with Crippen LogP contribution in [-0.2, 0) is 6.18 Å². The molecule has 2 nitrogen and oxygen atoms in total. The van der Waals surface area contributed by atoms with Gasteiger partial charge in [-0.1, -0.05) is 0 Å². The van der Waals surface area contributed by atoms with E-state index in [2.05, 4.69) is 4.98 Å². The van der Waals surface area contributed by atoms with Crippen LogP contribution < -0.4 is 5.73 Å². The minimum Gasteiger partial charge on any atom is -0.397 e. The first-order valence-corrected chi connectivity index (χ1v) is 4.19. The SMILES string of the molecule is Nc1cnc2ccc(C(F)(F)F)cc2c1. The minimum absolute atomic E-state index is 0.349. The highest BCUT2D eigenvalue weighted by atomic mass is 19.4. The third kappa shape index (κ3) is 1.86. The standard InChI is InChI=1S/C10H7F3N2/c11-10(12,13)7-1-2-9-6(3-7)4-8(14)5-15-9/h1-5H,14H2. The van der Waals surface area contributed by atoms with Gasteiger partial charge in [0.25, 0.3) is 0 Å². The second kappa shape index (κ2) is 3.12. The first kappa shape index (κ1) is 9.76. The number of alkyl halides is 3. The highest BCUT2D eigenvalue weighted by Gasteiger charge is 2.30. The van der Waals surface area contributed by atoms with E-state index in [0.29, 0.717) is 16.6 Å². The largest absolute Gasteiger partial charge is 0.416 e. The van der Waals surface area contributed by atoms with Crippen LogP contribution in [0.5, 0.6) is 0 Å². The predicted octanol–water partition coefficient (Wildman–Crippen LogP) is 2.84. The van der Waals surface area contributed by atoms with Gasteiger partial charge in [0.05, 0.1) is 23.0 Å². The molecule has 5 heteroatoms. The van der Waals surface area contributed by atoms with Gasteiger partial charge >= 0.3 is 6.18 Å². The van der Waals surface area contributed by atoms with Crippen LogP contribution in [0, 0.1) is 0 Å². The molecule has 15 heavy (non-hydrogen) atoms. The summed E-state index contributed by atoms with van der Waals surface area (Å²) in [4.78, 5) is 3.91. The number of nitrogens with zero attached hydrogens (tertiary/aromatic N) is 1. The van der Waals surface area contributed by atoms with Gasteiger partial charge in [0.15, 0.2) is 0 Å². The topological polar surface area (TPSA) is 38.9 Å². The molecule has 2 N–H and O–H groups in total. The maximum Gasteiger partial charge on any atom is 0.416 e. The quantitative estimate of drug-likeness (QED) is 0.729. The highest BCUT2D eigenvalue weighted by molar-refractivity contribution is 5.81. The molecule has 2 rings (SSSR count). The Labute approximate surface area is 83.5 Å². The Bertz CT molecular complexity index is 505. The average Bonchev–Trinajstić information content (AvgIpc) is 2.15. The van der Waals surface area contributed by atoms with Crippen molar-refractivity contribution < 1.29 is 13.2 Å². The summed E-state index contributed by atoms with van der Waals surface area (Å²) in [5.41, 5.74) is 5.59. The van der Waals surface area contributed by atoms with Crippen molar-refractivity contribution in [2.24, 2.45) is 0 Å². The molecule has 78 valence electrons. The molecule has 0 aliphatic rings. The maximum atomic E-state index is 12.4. The van der Waals surface area contributed by atoms with E-state index in [0.717, 1.165) is 12.1 Å². The van der Waals surface area contributed by atoms with Gasteiger partial charge in [-0.05, 0) is 24.3 Å². The molecule has 0 bridgehead atoms. The molecule has 0 aliphatic carbocycles. The third-order valence-corrected chi connectivity index (χ3v) is 2.03. The fourth-order valence-electron chi connectivity index (χ4n) is 1.32. The summed E-state index contributed by atoms with van der Waals surface area (Å²) in [6.45, 7) is 0. The molecule has 0 unspecified atom stereocenters. The molecule has 1 aromatic heterocycles. The maximum absolute atomic E-state index is 12.4. The number of fused-ring (bicyclic) bond motifs is 1. The number of rotatable bonds is 0. The second-order valence-electron chi connectivity index (χ2n) is 3.17. The molecule has 2 aromatic rings. The van der Waals surface area contributed by atoms with Gasteiger partial charge in [-0.3, -0.25) is 4.98 Å². The van der Waals surface area contributed by atoms with Crippen molar-refractivity contribution in [1.29, 1.82) is 0 Å². The summed E-state index contributed by atoms with van der Waals surface area (Å²) in [6.07, 6.45) is -2.92. The molecule has 1 heterocycles. The number of halogens is 3. The molecule has 0 fully saturated rings. The zero-order valence-electron chi connectivity index (χ0n) is 7.55.